The third-order valence-corrected chi connectivity index (χ3v) is 6.22. The minimum absolute atomic E-state index is 0.131. The van der Waals surface area contributed by atoms with Crippen LogP contribution in [0.2, 0.25) is 0 Å². The van der Waals surface area contributed by atoms with Gasteiger partial charge < -0.3 is 14.7 Å². The van der Waals surface area contributed by atoms with E-state index in [0.29, 0.717) is 11.8 Å². The van der Waals surface area contributed by atoms with Crippen molar-refractivity contribution >= 4 is 34.1 Å². The van der Waals surface area contributed by atoms with Crippen molar-refractivity contribution in [2.24, 2.45) is 0 Å². The molecule has 0 saturated carbocycles. The Labute approximate surface area is 147 Å². The number of nitrogens with zero attached hydrogens (tertiary/aromatic N) is 1. The lowest BCUT2D eigenvalue weighted by molar-refractivity contribution is 0.371. The Morgan fingerprint density at radius 2 is 1.68 bits per heavy atom. The van der Waals surface area contributed by atoms with E-state index in [1.165, 1.54) is 0 Å². The SMILES string of the molecule is CN(C)c1cccc2c(S(=O)(=O)NCCCCP(=O)(O)O)cccc12. The number of fused-ring (bicyclic) bond motifs is 1. The lowest BCUT2D eigenvalue weighted by Crippen LogP contribution is -2.25. The summed E-state index contributed by atoms with van der Waals surface area (Å²) in [5.41, 5.74) is 0.927. The minimum Gasteiger partial charge on any atom is -0.377 e. The Balaban J connectivity index is 2.19. The van der Waals surface area contributed by atoms with Crippen molar-refractivity contribution in [3.05, 3.63) is 36.4 Å². The van der Waals surface area contributed by atoms with Crippen molar-refractivity contribution in [1.82, 2.24) is 4.72 Å². The Hall–Kier alpha value is -1.44. The number of benzene rings is 2. The van der Waals surface area contributed by atoms with Crippen LogP contribution in [-0.2, 0) is 14.6 Å². The van der Waals surface area contributed by atoms with Crippen LogP contribution in [-0.4, -0.2) is 45.0 Å². The molecule has 0 saturated heterocycles. The van der Waals surface area contributed by atoms with E-state index >= 15 is 0 Å². The van der Waals surface area contributed by atoms with Gasteiger partial charge in [0.15, 0.2) is 0 Å². The first-order valence-electron chi connectivity index (χ1n) is 7.85. The average Bonchev–Trinajstić information content (AvgIpc) is 2.52. The highest BCUT2D eigenvalue weighted by atomic mass is 32.2. The molecule has 0 atom stereocenters. The first-order valence-corrected chi connectivity index (χ1v) is 11.1. The number of rotatable bonds is 8. The highest BCUT2D eigenvalue weighted by Crippen LogP contribution is 2.35. The van der Waals surface area contributed by atoms with Crippen LogP contribution in [0, 0.1) is 0 Å². The van der Waals surface area contributed by atoms with E-state index in [9.17, 15) is 13.0 Å². The molecule has 0 bridgehead atoms. The molecule has 0 aliphatic heterocycles. The molecule has 25 heavy (non-hydrogen) atoms. The number of sulfonamides is 1. The van der Waals surface area contributed by atoms with Crippen LogP contribution in [0.3, 0.4) is 0 Å². The van der Waals surface area contributed by atoms with Gasteiger partial charge >= 0.3 is 7.60 Å². The predicted octanol–water partition coefficient (Wildman–Crippen LogP) is 2.14. The van der Waals surface area contributed by atoms with E-state index < -0.39 is 17.6 Å². The van der Waals surface area contributed by atoms with Crippen molar-refractivity contribution in [2.45, 2.75) is 17.7 Å². The van der Waals surface area contributed by atoms with Crippen molar-refractivity contribution in [1.29, 1.82) is 0 Å². The highest BCUT2D eigenvalue weighted by Gasteiger charge is 2.18. The fraction of sp³-hybridized carbons (Fsp3) is 0.375. The van der Waals surface area contributed by atoms with Gasteiger partial charge in [0.25, 0.3) is 0 Å². The second-order valence-corrected chi connectivity index (χ2v) is 9.53. The summed E-state index contributed by atoms with van der Waals surface area (Å²) in [6.07, 6.45) is 0.375. The minimum atomic E-state index is -4.03. The van der Waals surface area contributed by atoms with Crippen LogP contribution in [0.25, 0.3) is 10.8 Å². The molecule has 0 heterocycles. The van der Waals surface area contributed by atoms with Crippen LogP contribution in [0.5, 0.6) is 0 Å². The number of hydrogen-bond acceptors (Lipinski definition) is 4. The zero-order valence-corrected chi connectivity index (χ0v) is 15.9. The molecular formula is C16H23N2O5PS. The monoisotopic (exact) mass is 386 g/mol. The van der Waals surface area contributed by atoms with Crippen LogP contribution in [0.15, 0.2) is 41.3 Å². The van der Waals surface area contributed by atoms with Crippen LogP contribution in [0.4, 0.5) is 5.69 Å². The van der Waals surface area contributed by atoms with Gasteiger partial charge in [-0.05, 0) is 25.0 Å². The van der Waals surface area contributed by atoms with Gasteiger partial charge in [-0.1, -0.05) is 24.3 Å². The van der Waals surface area contributed by atoms with Crippen LogP contribution in [0.1, 0.15) is 12.8 Å². The highest BCUT2D eigenvalue weighted by molar-refractivity contribution is 7.89. The molecule has 0 amide bonds. The van der Waals surface area contributed by atoms with Gasteiger partial charge in [0.2, 0.25) is 10.0 Å². The summed E-state index contributed by atoms with van der Waals surface area (Å²) in [4.78, 5) is 19.7. The number of anilines is 1. The zero-order chi connectivity index (χ0) is 18.7. The number of hydrogen-bond donors (Lipinski definition) is 3. The normalized spacial score (nSPS) is 12.5. The van der Waals surface area contributed by atoms with Gasteiger partial charge in [0.05, 0.1) is 4.90 Å². The number of nitrogens with one attached hydrogen (secondary N) is 1. The lowest BCUT2D eigenvalue weighted by Gasteiger charge is -2.17. The maximum Gasteiger partial charge on any atom is 0.325 e. The first-order chi connectivity index (χ1) is 11.6. The summed E-state index contributed by atoms with van der Waals surface area (Å²) in [5, 5.41) is 1.48. The molecule has 0 fully saturated rings. The van der Waals surface area contributed by atoms with Crippen molar-refractivity contribution in [3.8, 4) is 0 Å². The molecule has 9 heteroatoms. The molecule has 7 nitrogen and oxygen atoms in total. The predicted molar refractivity (Wildman–Crippen MR) is 99.6 cm³/mol. The van der Waals surface area contributed by atoms with Gasteiger partial charge in [0.1, 0.15) is 0 Å². The largest absolute Gasteiger partial charge is 0.377 e. The van der Waals surface area contributed by atoms with E-state index in [4.69, 9.17) is 9.79 Å². The molecule has 0 unspecified atom stereocenters. The number of unbranched alkanes of at least 4 members (excludes halogenated alkanes) is 1. The van der Waals surface area contributed by atoms with Crippen LogP contribution >= 0.6 is 7.60 Å². The van der Waals surface area contributed by atoms with Gasteiger partial charge in [-0.3, -0.25) is 4.57 Å². The molecule has 0 radical (unpaired) electrons. The van der Waals surface area contributed by atoms with Gasteiger partial charge in [-0.15, -0.1) is 0 Å². The molecule has 0 aliphatic rings. The molecule has 3 N–H and O–H groups in total. The molecule has 138 valence electrons. The Bertz CT molecular complexity index is 893. The topological polar surface area (TPSA) is 107 Å². The summed E-state index contributed by atoms with van der Waals surface area (Å²) < 4.78 is 38.5. The molecule has 0 aliphatic carbocycles. The Morgan fingerprint density at radius 3 is 2.32 bits per heavy atom. The van der Waals surface area contributed by atoms with E-state index in [1.807, 2.05) is 37.2 Å². The Morgan fingerprint density at radius 1 is 1.04 bits per heavy atom. The molecule has 0 spiro atoms. The molecule has 2 aromatic carbocycles. The van der Waals surface area contributed by atoms with E-state index in [2.05, 4.69) is 4.72 Å². The van der Waals surface area contributed by atoms with Gasteiger partial charge in [-0.25, -0.2) is 13.1 Å². The third kappa shape index (κ3) is 5.26. The van der Waals surface area contributed by atoms with Crippen molar-refractivity contribution in [2.75, 3.05) is 31.7 Å². The van der Waals surface area contributed by atoms with Gasteiger partial charge in [0, 0.05) is 43.3 Å². The fourth-order valence-corrected chi connectivity index (χ4v) is 4.55. The quantitative estimate of drug-likeness (QED) is 0.474. The molecular weight excluding hydrogens is 363 g/mol. The maximum absolute atomic E-state index is 12.6. The second kappa shape index (κ2) is 7.85. The van der Waals surface area contributed by atoms with E-state index in [1.54, 1.807) is 18.2 Å². The van der Waals surface area contributed by atoms with Crippen LogP contribution < -0.4 is 9.62 Å². The smallest absolute Gasteiger partial charge is 0.325 e. The van der Waals surface area contributed by atoms with E-state index in [-0.39, 0.29) is 24.0 Å². The summed E-state index contributed by atoms with van der Waals surface area (Å²) in [7, 11) is -3.95. The summed E-state index contributed by atoms with van der Waals surface area (Å²) in [6, 6.07) is 10.6. The summed E-state index contributed by atoms with van der Waals surface area (Å²) in [6.45, 7) is 0.131. The standard InChI is InChI=1S/C16H23N2O5PS/c1-18(2)15-9-5-8-14-13(15)7-6-10-16(14)25(22,23)17-11-3-4-12-24(19,20)21/h5-10,17H,3-4,11-12H2,1-2H3,(H2,19,20,21). The second-order valence-electron chi connectivity index (χ2n) is 6.02. The summed E-state index contributed by atoms with van der Waals surface area (Å²) >= 11 is 0. The maximum atomic E-state index is 12.6. The Kier molecular flexibility index (Phi) is 6.24. The van der Waals surface area contributed by atoms with E-state index in [0.717, 1.165) is 11.1 Å². The molecule has 2 rings (SSSR count). The molecule has 2 aromatic rings. The third-order valence-electron chi connectivity index (χ3n) is 3.80. The lowest BCUT2D eigenvalue weighted by atomic mass is 10.1. The van der Waals surface area contributed by atoms with Gasteiger partial charge in [-0.2, -0.15) is 0 Å². The zero-order valence-electron chi connectivity index (χ0n) is 14.2. The average molecular weight is 386 g/mol. The first kappa shape index (κ1) is 19.9. The summed E-state index contributed by atoms with van der Waals surface area (Å²) in [5.74, 6) is 0. The molecule has 0 aromatic heterocycles. The fourth-order valence-electron chi connectivity index (χ4n) is 2.62. The van der Waals surface area contributed by atoms with Crippen molar-refractivity contribution < 1.29 is 22.8 Å². The van der Waals surface area contributed by atoms with Crippen molar-refractivity contribution in [3.63, 3.8) is 0 Å².